The normalized spacial score (nSPS) is 16.1. The van der Waals surface area contributed by atoms with E-state index in [9.17, 15) is 18.0 Å². The topological polar surface area (TPSA) is 36.4 Å². The first-order valence-electron chi connectivity index (χ1n) is 9.05. The third kappa shape index (κ3) is 5.32. The number of hydrogen-bond acceptors (Lipinski definition) is 3. The highest BCUT2D eigenvalue weighted by molar-refractivity contribution is 9.10. The summed E-state index contributed by atoms with van der Waals surface area (Å²) in [6.45, 7) is 2.12. The Morgan fingerprint density at radius 2 is 1.93 bits per heavy atom. The van der Waals surface area contributed by atoms with Gasteiger partial charge in [-0.05, 0) is 37.6 Å². The van der Waals surface area contributed by atoms with E-state index in [1.54, 1.807) is 24.0 Å². The highest BCUT2D eigenvalue weighted by Crippen LogP contribution is 2.23. The minimum atomic E-state index is -4.22. The van der Waals surface area contributed by atoms with Crippen LogP contribution in [0.4, 0.5) is 13.2 Å². The predicted molar refractivity (Wildman–Crippen MR) is 105 cm³/mol. The molecule has 8 heteroatoms. The van der Waals surface area contributed by atoms with Crippen molar-refractivity contribution in [1.82, 2.24) is 14.8 Å². The number of carbonyl (C=O) groups excluding carboxylic acids is 1. The van der Waals surface area contributed by atoms with Crippen molar-refractivity contribution in [2.24, 2.45) is 0 Å². The average Bonchev–Trinajstić information content (AvgIpc) is 2.85. The van der Waals surface area contributed by atoms with Crippen LogP contribution < -0.4 is 0 Å². The number of pyridine rings is 1. The molecular formula is C20H21BrF3N3O. The molecule has 0 atom stereocenters. The Bertz CT molecular complexity index is 857. The van der Waals surface area contributed by atoms with E-state index in [1.807, 2.05) is 24.3 Å². The van der Waals surface area contributed by atoms with Crippen molar-refractivity contribution in [3.63, 3.8) is 0 Å². The van der Waals surface area contributed by atoms with E-state index in [4.69, 9.17) is 0 Å². The number of aromatic nitrogens is 1. The van der Waals surface area contributed by atoms with Crippen LogP contribution in [0, 0.1) is 6.92 Å². The molecule has 1 aliphatic rings. The Labute approximate surface area is 170 Å². The second-order valence-electron chi connectivity index (χ2n) is 6.88. The van der Waals surface area contributed by atoms with E-state index < -0.39 is 12.7 Å². The lowest BCUT2D eigenvalue weighted by molar-refractivity contribution is -0.145. The lowest BCUT2D eigenvalue weighted by Crippen LogP contribution is -2.38. The van der Waals surface area contributed by atoms with E-state index in [2.05, 4.69) is 20.9 Å². The zero-order valence-corrected chi connectivity index (χ0v) is 17.1. The van der Waals surface area contributed by atoms with Crippen LogP contribution in [0.25, 0.3) is 11.3 Å². The molecule has 4 nitrogen and oxygen atoms in total. The molecule has 0 N–H and O–H groups in total. The Hall–Kier alpha value is -1.93. The van der Waals surface area contributed by atoms with Crippen molar-refractivity contribution in [2.75, 3.05) is 32.7 Å². The number of hydrogen-bond donors (Lipinski definition) is 0. The quantitative estimate of drug-likeness (QED) is 0.681. The Kier molecular flexibility index (Phi) is 6.40. The van der Waals surface area contributed by atoms with Crippen molar-refractivity contribution in [1.29, 1.82) is 0 Å². The molecule has 1 aromatic heterocycles. The van der Waals surface area contributed by atoms with Gasteiger partial charge in [0.2, 0.25) is 0 Å². The predicted octanol–water partition coefficient (Wildman–Crippen LogP) is 4.53. The highest BCUT2D eigenvalue weighted by atomic mass is 79.9. The van der Waals surface area contributed by atoms with Crippen LogP contribution >= 0.6 is 15.9 Å². The molecule has 1 fully saturated rings. The molecule has 2 aromatic rings. The van der Waals surface area contributed by atoms with Crippen LogP contribution in [-0.2, 0) is 0 Å². The fraction of sp³-hybridized carbons (Fsp3) is 0.400. The molecule has 1 aliphatic heterocycles. The fourth-order valence-corrected chi connectivity index (χ4v) is 3.75. The number of rotatable bonds is 3. The van der Waals surface area contributed by atoms with E-state index in [0.29, 0.717) is 30.8 Å². The smallest absolute Gasteiger partial charge is 0.337 e. The Balaban J connectivity index is 1.72. The number of aryl methyl sites for hydroxylation is 1. The van der Waals surface area contributed by atoms with Crippen molar-refractivity contribution in [3.8, 4) is 11.3 Å². The Morgan fingerprint density at radius 3 is 2.61 bits per heavy atom. The molecule has 0 radical (unpaired) electrons. The first-order chi connectivity index (χ1) is 13.2. The largest absolute Gasteiger partial charge is 0.401 e. The zero-order valence-electron chi connectivity index (χ0n) is 15.5. The summed E-state index contributed by atoms with van der Waals surface area (Å²) in [5.41, 5.74) is 2.80. The van der Waals surface area contributed by atoms with Gasteiger partial charge in [-0.3, -0.25) is 14.7 Å². The minimum Gasteiger partial charge on any atom is -0.337 e. The number of halogens is 4. The lowest BCUT2D eigenvalue weighted by Gasteiger charge is -2.23. The van der Waals surface area contributed by atoms with Crippen LogP contribution in [0.3, 0.4) is 0 Å². The highest BCUT2D eigenvalue weighted by Gasteiger charge is 2.32. The summed E-state index contributed by atoms with van der Waals surface area (Å²) < 4.78 is 38.8. The van der Waals surface area contributed by atoms with E-state index in [-0.39, 0.29) is 19.0 Å². The third-order valence-corrected chi connectivity index (χ3v) is 5.21. The molecule has 0 bridgehead atoms. The summed E-state index contributed by atoms with van der Waals surface area (Å²) in [5, 5.41) is 0. The summed E-state index contributed by atoms with van der Waals surface area (Å²) in [6.07, 6.45) is -3.70. The van der Waals surface area contributed by atoms with Gasteiger partial charge in [-0.2, -0.15) is 13.2 Å². The second kappa shape index (κ2) is 8.61. The number of alkyl halides is 3. The van der Waals surface area contributed by atoms with Crippen molar-refractivity contribution < 1.29 is 18.0 Å². The average molecular weight is 456 g/mol. The molecule has 0 saturated carbocycles. The van der Waals surface area contributed by atoms with Gasteiger partial charge < -0.3 is 4.90 Å². The number of carbonyl (C=O) groups is 1. The monoisotopic (exact) mass is 455 g/mol. The van der Waals surface area contributed by atoms with Gasteiger partial charge in [-0.1, -0.05) is 28.1 Å². The molecule has 0 spiro atoms. The standard InChI is InChI=1S/C20H21BrF3N3O/c1-14-17(6-7-18(25-14)15-4-2-5-16(21)12-15)19(28)27-9-3-8-26(10-11-27)13-20(22,23)24/h2,4-7,12H,3,8-11,13H2,1H3. The van der Waals surface area contributed by atoms with Gasteiger partial charge in [0.15, 0.2) is 0 Å². The summed E-state index contributed by atoms with van der Waals surface area (Å²) in [5.74, 6) is -0.181. The van der Waals surface area contributed by atoms with Crippen LogP contribution in [0.5, 0.6) is 0 Å². The molecule has 1 saturated heterocycles. The molecule has 1 amide bonds. The number of amides is 1. The number of nitrogens with zero attached hydrogens (tertiary/aromatic N) is 3. The van der Waals surface area contributed by atoms with Crippen molar-refractivity contribution >= 4 is 21.8 Å². The second-order valence-corrected chi connectivity index (χ2v) is 7.79. The van der Waals surface area contributed by atoms with E-state index in [1.165, 1.54) is 4.90 Å². The van der Waals surface area contributed by atoms with Gasteiger partial charge in [0.1, 0.15) is 0 Å². The van der Waals surface area contributed by atoms with E-state index in [0.717, 1.165) is 15.7 Å². The van der Waals surface area contributed by atoms with Gasteiger partial charge in [0, 0.05) is 36.2 Å². The first-order valence-corrected chi connectivity index (χ1v) is 9.84. The molecule has 0 unspecified atom stereocenters. The van der Waals surface area contributed by atoms with Crippen molar-refractivity contribution in [2.45, 2.75) is 19.5 Å². The van der Waals surface area contributed by atoms with Gasteiger partial charge in [0.25, 0.3) is 5.91 Å². The van der Waals surface area contributed by atoms with E-state index >= 15 is 0 Å². The molecule has 1 aromatic carbocycles. The summed E-state index contributed by atoms with van der Waals surface area (Å²) in [6, 6.07) is 11.3. The van der Waals surface area contributed by atoms with Crippen LogP contribution in [0.1, 0.15) is 22.5 Å². The van der Waals surface area contributed by atoms with Gasteiger partial charge in [0.05, 0.1) is 23.5 Å². The zero-order chi connectivity index (χ0) is 20.3. The van der Waals surface area contributed by atoms with Crippen LogP contribution in [0.15, 0.2) is 40.9 Å². The molecule has 3 rings (SSSR count). The third-order valence-electron chi connectivity index (χ3n) is 4.72. The maximum Gasteiger partial charge on any atom is 0.401 e. The lowest BCUT2D eigenvalue weighted by atomic mass is 10.1. The maximum absolute atomic E-state index is 12.9. The Morgan fingerprint density at radius 1 is 1.14 bits per heavy atom. The van der Waals surface area contributed by atoms with Crippen LogP contribution in [0.2, 0.25) is 0 Å². The maximum atomic E-state index is 12.9. The first kappa shape index (κ1) is 20.8. The minimum absolute atomic E-state index is 0.181. The fourth-order valence-electron chi connectivity index (χ4n) is 3.35. The van der Waals surface area contributed by atoms with Crippen LogP contribution in [-0.4, -0.2) is 59.6 Å². The van der Waals surface area contributed by atoms with Gasteiger partial charge in [-0.15, -0.1) is 0 Å². The van der Waals surface area contributed by atoms with Gasteiger partial charge in [-0.25, -0.2) is 0 Å². The summed E-state index contributed by atoms with van der Waals surface area (Å²) in [7, 11) is 0. The summed E-state index contributed by atoms with van der Waals surface area (Å²) in [4.78, 5) is 20.4. The number of benzene rings is 1. The SMILES string of the molecule is Cc1nc(-c2cccc(Br)c2)ccc1C(=O)N1CCCN(CC(F)(F)F)CC1. The molecule has 28 heavy (non-hydrogen) atoms. The molecule has 2 heterocycles. The van der Waals surface area contributed by atoms with Crippen molar-refractivity contribution in [3.05, 3.63) is 52.1 Å². The molecule has 150 valence electrons. The molecular weight excluding hydrogens is 435 g/mol. The molecule has 0 aliphatic carbocycles. The van der Waals surface area contributed by atoms with Gasteiger partial charge >= 0.3 is 6.18 Å². The summed E-state index contributed by atoms with van der Waals surface area (Å²) >= 11 is 3.44.